The van der Waals surface area contributed by atoms with Crippen LogP contribution in [0.5, 0.6) is 0 Å². The molecule has 3 heterocycles. The van der Waals surface area contributed by atoms with Crippen molar-refractivity contribution >= 4 is 50.1 Å². The summed E-state index contributed by atoms with van der Waals surface area (Å²) in [4.78, 5) is 25.7. The van der Waals surface area contributed by atoms with Gasteiger partial charge in [0.1, 0.15) is 12.1 Å². The molecule has 3 aromatic heterocycles. The van der Waals surface area contributed by atoms with Crippen LogP contribution in [-0.4, -0.2) is 25.4 Å². The van der Waals surface area contributed by atoms with Gasteiger partial charge in [0, 0.05) is 39.8 Å². The van der Waals surface area contributed by atoms with Crippen LogP contribution in [0.1, 0.15) is 4.79 Å². The van der Waals surface area contributed by atoms with Crippen LogP contribution in [0.2, 0.25) is 0 Å². The molecule has 0 saturated heterocycles. The average molecular weight is 441 g/mol. The number of pyridine rings is 1. The van der Waals surface area contributed by atoms with Gasteiger partial charge in [0.25, 0.3) is 5.91 Å². The van der Waals surface area contributed by atoms with E-state index in [1.165, 1.54) is 6.08 Å². The molecule has 1 N–H and O–H groups in total. The molecule has 6 rings (SSSR count). The zero-order valence-corrected chi connectivity index (χ0v) is 18.1. The van der Waals surface area contributed by atoms with Gasteiger partial charge in [0.15, 0.2) is 0 Å². The molecule has 6 nitrogen and oxygen atoms in total. The second kappa shape index (κ2) is 7.94. The molecule has 0 radical (unpaired) electrons. The molecule has 0 aliphatic rings. The summed E-state index contributed by atoms with van der Waals surface area (Å²) in [5.74, 6) is 0.515. The summed E-state index contributed by atoms with van der Waals surface area (Å²) in [7, 11) is 0. The number of carbonyl (C=O) groups is 1. The topological polar surface area (TPSA) is 72.7 Å². The van der Waals surface area contributed by atoms with E-state index in [0.717, 1.165) is 49.5 Å². The summed E-state index contributed by atoms with van der Waals surface area (Å²) >= 11 is 0. The highest BCUT2D eigenvalue weighted by molar-refractivity contribution is 6.00. The number of carbonyl (C=O) groups excluding carboxylic acids is 1. The van der Waals surface area contributed by atoms with Gasteiger partial charge in [-0.25, -0.2) is 9.97 Å². The van der Waals surface area contributed by atoms with Crippen molar-refractivity contribution in [2.24, 2.45) is 0 Å². The first-order chi connectivity index (χ1) is 16.7. The third kappa shape index (κ3) is 3.38. The molecule has 0 aliphatic carbocycles. The van der Waals surface area contributed by atoms with Crippen LogP contribution in [0.4, 0.5) is 11.5 Å². The molecule has 6 aromatic rings. The number of anilines is 2. The lowest BCUT2D eigenvalue weighted by molar-refractivity contribution is 0.0974. The van der Waals surface area contributed by atoms with Gasteiger partial charge in [0.2, 0.25) is 0 Å². The van der Waals surface area contributed by atoms with Crippen LogP contribution in [0, 0.1) is 0 Å². The predicted molar refractivity (Wildman–Crippen MR) is 136 cm³/mol. The number of nitrogens with zero attached hydrogens (tertiary/aromatic N) is 4. The fraction of sp³-hybridized carbons (Fsp3) is 0. The molecule has 0 spiro atoms. The lowest BCUT2D eigenvalue weighted by Gasteiger charge is -2.11. The molecule has 0 atom stereocenters. The van der Waals surface area contributed by atoms with Crippen molar-refractivity contribution in [1.82, 2.24) is 19.5 Å². The lowest BCUT2D eigenvalue weighted by atomic mass is 10.0. The molecular formula is C28H19N5O. The normalized spacial score (nSPS) is 11.2. The third-order valence-electron chi connectivity index (χ3n) is 5.93. The van der Waals surface area contributed by atoms with E-state index in [0.29, 0.717) is 5.82 Å². The molecule has 0 fully saturated rings. The van der Waals surface area contributed by atoms with Crippen molar-refractivity contribution in [3.63, 3.8) is 0 Å². The number of hydrogen-bond donors (Lipinski definition) is 1. The zero-order valence-electron chi connectivity index (χ0n) is 18.1. The van der Waals surface area contributed by atoms with E-state index in [1.54, 1.807) is 17.1 Å². The molecule has 162 valence electrons. The fourth-order valence-electron chi connectivity index (χ4n) is 4.20. The number of para-hydroxylation sites is 1. The number of hydrogen-bond acceptors (Lipinski definition) is 5. The highest BCUT2D eigenvalue weighted by Gasteiger charge is 2.10. The average Bonchev–Trinajstić information content (AvgIpc) is 3.31. The Balaban J connectivity index is 1.42. The van der Waals surface area contributed by atoms with Crippen molar-refractivity contribution in [3.05, 3.63) is 104 Å². The summed E-state index contributed by atoms with van der Waals surface area (Å²) in [6.45, 7) is 3.59. The number of benzene rings is 3. The van der Waals surface area contributed by atoms with Crippen LogP contribution >= 0.6 is 0 Å². The van der Waals surface area contributed by atoms with Gasteiger partial charge in [-0.15, -0.1) is 0 Å². The number of rotatable bonds is 4. The fourth-order valence-corrected chi connectivity index (χ4v) is 4.20. The largest absolute Gasteiger partial charge is 0.340 e. The van der Waals surface area contributed by atoms with Gasteiger partial charge in [-0.1, -0.05) is 36.9 Å². The van der Waals surface area contributed by atoms with E-state index in [4.69, 9.17) is 0 Å². The molecule has 3 aromatic carbocycles. The van der Waals surface area contributed by atoms with Crippen molar-refractivity contribution < 1.29 is 4.79 Å². The van der Waals surface area contributed by atoms with Gasteiger partial charge in [-0.3, -0.25) is 14.3 Å². The van der Waals surface area contributed by atoms with Gasteiger partial charge >= 0.3 is 0 Å². The lowest BCUT2D eigenvalue weighted by Crippen LogP contribution is -2.04. The Labute approximate surface area is 195 Å². The van der Waals surface area contributed by atoms with E-state index >= 15 is 0 Å². The first kappa shape index (κ1) is 19.8. The summed E-state index contributed by atoms with van der Waals surface area (Å²) in [5, 5.41) is 6.36. The van der Waals surface area contributed by atoms with Gasteiger partial charge in [0.05, 0.1) is 16.6 Å². The molecule has 6 heteroatoms. The van der Waals surface area contributed by atoms with Gasteiger partial charge < -0.3 is 5.32 Å². The van der Waals surface area contributed by atoms with Crippen molar-refractivity contribution in [1.29, 1.82) is 0 Å². The van der Waals surface area contributed by atoms with E-state index in [-0.39, 0.29) is 5.91 Å². The summed E-state index contributed by atoms with van der Waals surface area (Å²) in [6, 6.07) is 24.1. The molecular weight excluding hydrogens is 422 g/mol. The Morgan fingerprint density at radius 1 is 0.853 bits per heavy atom. The zero-order chi connectivity index (χ0) is 23.1. The molecule has 0 amide bonds. The summed E-state index contributed by atoms with van der Waals surface area (Å²) in [5.41, 5.74) is 5.48. The Bertz CT molecular complexity index is 1730. The summed E-state index contributed by atoms with van der Waals surface area (Å²) < 4.78 is 1.58. The molecule has 0 unspecified atom stereocenters. The second-order valence-electron chi connectivity index (χ2n) is 8.00. The maximum absolute atomic E-state index is 12.2. The Kier molecular flexibility index (Phi) is 4.63. The van der Waals surface area contributed by atoms with Crippen molar-refractivity contribution in [2.45, 2.75) is 0 Å². The van der Waals surface area contributed by atoms with Crippen LogP contribution in [0.15, 0.2) is 104 Å². The SMILES string of the molecule is C=CC(=O)n1ccc2ccc(Nc3ncnc4ccc(-c5cnc6ccccc6c5)cc34)cc21. The van der Waals surface area contributed by atoms with Crippen LogP contribution in [0.3, 0.4) is 0 Å². The van der Waals surface area contributed by atoms with E-state index < -0.39 is 0 Å². The summed E-state index contributed by atoms with van der Waals surface area (Å²) in [6.07, 6.45) is 6.49. The Morgan fingerprint density at radius 2 is 1.76 bits per heavy atom. The van der Waals surface area contributed by atoms with Crippen molar-refractivity contribution in [3.8, 4) is 11.1 Å². The minimum atomic E-state index is -0.173. The molecule has 0 bridgehead atoms. The smallest absolute Gasteiger partial charge is 0.254 e. The van der Waals surface area contributed by atoms with E-state index in [9.17, 15) is 4.79 Å². The number of aromatic nitrogens is 4. The minimum Gasteiger partial charge on any atom is -0.340 e. The number of allylic oxidation sites excluding steroid dienone is 1. The quantitative estimate of drug-likeness (QED) is 0.322. The van der Waals surface area contributed by atoms with E-state index in [2.05, 4.69) is 45.0 Å². The third-order valence-corrected chi connectivity index (χ3v) is 5.93. The highest BCUT2D eigenvalue weighted by atomic mass is 16.1. The van der Waals surface area contributed by atoms with Gasteiger partial charge in [-0.05, 0) is 54.1 Å². The van der Waals surface area contributed by atoms with E-state index in [1.807, 2.05) is 60.8 Å². The second-order valence-corrected chi connectivity index (χ2v) is 8.00. The number of nitrogens with one attached hydrogen (secondary N) is 1. The standard InChI is InChI=1S/C28H19N5O/c1-2-27(34)33-12-11-18-7-9-22(15-26(18)33)32-28-23-14-19(8-10-25(23)30-17-31-28)21-13-20-5-3-4-6-24(20)29-16-21/h2-17H,1H2,(H,30,31,32). The minimum absolute atomic E-state index is 0.173. The monoisotopic (exact) mass is 441 g/mol. The van der Waals surface area contributed by atoms with Crippen LogP contribution in [-0.2, 0) is 0 Å². The molecule has 0 aliphatic heterocycles. The van der Waals surface area contributed by atoms with Gasteiger partial charge in [-0.2, -0.15) is 0 Å². The predicted octanol–water partition coefficient (Wildman–Crippen LogP) is 6.37. The maximum Gasteiger partial charge on any atom is 0.254 e. The van der Waals surface area contributed by atoms with Crippen LogP contribution in [0.25, 0.3) is 43.8 Å². The number of fused-ring (bicyclic) bond motifs is 3. The first-order valence-electron chi connectivity index (χ1n) is 10.8. The first-order valence-corrected chi connectivity index (χ1v) is 10.8. The Morgan fingerprint density at radius 3 is 2.68 bits per heavy atom. The maximum atomic E-state index is 12.2. The highest BCUT2D eigenvalue weighted by Crippen LogP contribution is 2.30. The van der Waals surface area contributed by atoms with Crippen molar-refractivity contribution in [2.75, 3.05) is 5.32 Å². The Hall–Kier alpha value is -4.84. The van der Waals surface area contributed by atoms with Crippen LogP contribution < -0.4 is 5.32 Å². The molecule has 34 heavy (non-hydrogen) atoms. The molecule has 0 saturated carbocycles.